The van der Waals surface area contributed by atoms with E-state index >= 15 is 0 Å². The van der Waals surface area contributed by atoms with Crippen LogP contribution < -0.4 is 5.43 Å². The maximum Gasteiger partial charge on any atom is 0.301 e. The predicted octanol–water partition coefficient (Wildman–Crippen LogP) is 5.53. The molecule has 0 bridgehead atoms. The second-order valence-corrected chi connectivity index (χ2v) is 8.19. The maximum atomic E-state index is 11.2. The van der Waals surface area contributed by atoms with Crippen LogP contribution in [0.3, 0.4) is 0 Å². The highest BCUT2D eigenvalue weighted by Gasteiger charge is 2.34. The van der Waals surface area contributed by atoms with E-state index in [2.05, 4.69) is 38.2 Å². The quantitative estimate of drug-likeness (QED) is 0.496. The van der Waals surface area contributed by atoms with Gasteiger partial charge in [-0.1, -0.05) is 34.1 Å². The molecule has 2 atom stereocenters. The SMILES string of the molecule is CCCC(C)(C)[C@@H]1C/C(=N/Nc2ccc([N+](=O)[O-])cc2[N+](=O)[O-])C[C@@H](C)C1. The largest absolute Gasteiger partial charge is 0.301 e. The van der Waals surface area contributed by atoms with E-state index < -0.39 is 9.85 Å². The summed E-state index contributed by atoms with van der Waals surface area (Å²) in [6.45, 7) is 8.99. The third-order valence-corrected chi connectivity index (χ3v) is 5.48. The number of non-ortho nitro benzene ring substituents is 1. The standard InChI is InChI=1S/C19H28N4O4/c1-5-8-19(3,4)14-9-13(2)10-15(11-14)20-21-17-7-6-16(22(24)25)12-18(17)23(26)27/h6-7,12-14,21H,5,8-11H2,1-4H3/b20-15+/t13-,14-/m0/s1. The lowest BCUT2D eigenvalue weighted by Crippen LogP contribution is -2.32. The number of nitrogens with zero attached hydrogens (tertiary/aromatic N) is 3. The smallest absolute Gasteiger partial charge is 0.272 e. The van der Waals surface area contributed by atoms with Crippen molar-refractivity contribution in [1.82, 2.24) is 0 Å². The van der Waals surface area contributed by atoms with Gasteiger partial charge in [0.05, 0.1) is 15.9 Å². The molecule has 1 aromatic rings. The predicted molar refractivity (Wildman–Crippen MR) is 106 cm³/mol. The topological polar surface area (TPSA) is 111 Å². The van der Waals surface area contributed by atoms with Crippen LogP contribution in [0.1, 0.15) is 59.8 Å². The van der Waals surface area contributed by atoms with E-state index in [4.69, 9.17) is 0 Å². The number of benzene rings is 1. The Morgan fingerprint density at radius 1 is 1.22 bits per heavy atom. The van der Waals surface area contributed by atoms with Gasteiger partial charge in [0.15, 0.2) is 0 Å². The number of hydrogen-bond acceptors (Lipinski definition) is 6. The molecular weight excluding hydrogens is 348 g/mol. The van der Waals surface area contributed by atoms with E-state index in [1.54, 1.807) is 0 Å². The van der Waals surface area contributed by atoms with Gasteiger partial charge >= 0.3 is 5.69 Å². The molecule has 0 unspecified atom stereocenters. The molecule has 0 radical (unpaired) electrons. The molecule has 8 heteroatoms. The van der Waals surface area contributed by atoms with Crippen molar-refractivity contribution < 1.29 is 9.85 Å². The molecule has 0 aromatic heterocycles. The van der Waals surface area contributed by atoms with Crippen molar-refractivity contribution in [2.75, 3.05) is 5.43 Å². The minimum absolute atomic E-state index is 0.167. The van der Waals surface area contributed by atoms with Gasteiger partial charge in [-0.3, -0.25) is 25.7 Å². The summed E-state index contributed by atoms with van der Waals surface area (Å²) in [5.74, 6) is 1.03. The van der Waals surface area contributed by atoms with Crippen molar-refractivity contribution in [1.29, 1.82) is 0 Å². The third kappa shape index (κ3) is 5.24. The molecule has 8 nitrogen and oxygen atoms in total. The molecule has 2 rings (SSSR count). The Kier molecular flexibility index (Phi) is 6.51. The fourth-order valence-electron chi connectivity index (χ4n) is 3.98. The van der Waals surface area contributed by atoms with Crippen molar-refractivity contribution in [3.8, 4) is 0 Å². The van der Waals surface area contributed by atoms with Gasteiger partial charge in [-0.15, -0.1) is 0 Å². The van der Waals surface area contributed by atoms with Crippen LogP contribution in [0.15, 0.2) is 23.3 Å². The van der Waals surface area contributed by atoms with Crippen LogP contribution >= 0.6 is 0 Å². The monoisotopic (exact) mass is 376 g/mol. The van der Waals surface area contributed by atoms with Crippen LogP contribution in [0.2, 0.25) is 0 Å². The summed E-state index contributed by atoms with van der Waals surface area (Å²) in [5.41, 5.74) is 3.51. The molecule has 0 saturated heterocycles. The normalized spacial score (nSPS) is 21.9. The van der Waals surface area contributed by atoms with E-state index in [1.165, 1.54) is 12.1 Å². The lowest BCUT2D eigenvalue weighted by atomic mass is 9.66. The summed E-state index contributed by atoms with van der Waals surface area (Å²) in [6, 6.07) is 3.54. The van der Waals surface area contributed by atoms with E-state index in [9.17, 15) is 20.2 Å². The first-order chi connectivity index (χ1) is 12.6. The van der Waals surface area contributed by atoms with Crippen LogP contribution in [0.4, 0.5) is 17.1 Å². The molecule has 27 heavy (non-hydrogen) atoms. The molecular formula is C19H28N4O4. The number of nitrogens with one attached hydrogen (secondary N) is 1. The summed E-state index contributed by atoms with van der Waals surface area (Å²) < 4.78 is 0. The lowest BCUT2D eigenvalue weighted by molar-refractivity contribution is -0.393. The van der Waals surface area contributed by atoms with Gasteiger partial charge in [0, 0.05) is 11.8 Å². The number of hydrazone groups is 1. The average molecular weight is 376 g/mol. The zero-order chi connectivity index (χ0) is 20.2. The molecule has 1 aromatic carbocycles. The number of anilines is 1. The molecule has 1 saturated carbocycles. The van der Waals surface area contributed by atoms with Gasteiger partial charge in [-0.2, -0.15) is 5.10 Å². The lowest BCUT2D eigenvalue weighted by Gasteiger charge is -2.39. The van der Waals surface area contributed by atoms with Gasteiger partial charge < -0.3 is 0 Å². The van der Waals surface area contributed by atoms with E-state index in [0.717, 1.165) is 43.9 Å². The minimum Gasteiger partial charge on any atom is -0.272 e. The highest BCUT2D eigenvalue weighted by molar-refractivity contribution is 5.86. The van der Waals surface area contributed by atoms with Crippen LogP contribution in [0.5, 0.6) is 0 Å². The zero-order valence-corrected chi connectivity index (χ0v) is 16.4. The first-order valence-corrected chi connectivity index (χ1v) is 9.38. The first kappa shape index (κ1) is 20.8. The summed E-state index contributed by atoms with van der Waals surface area (Å²) in [6.07, 6.45) is 5.16. The Bertz CT molecular complexity index is 745. The second kappa shape index (κ2) is 8.45. The number of nitro benzene ring substituents is 2. The van der Waals surface area contributed by atoms with Crippen molar-refractivity contribution in [3.05, 3.63) is 38.4 Å². The Morgan fingerprint density at radius 3 is 2.52 bits per heavy atom. The van der Waals surface area contributed by atoms with Gasteiger partial charge in [0.1, 0.15) is 5.69 Å². The highest BCUT2D eigenvalue weighted by atomic mass is 16.6. The Morgan fingerprint density at radius 2 is 1.93 bits per heavy atom. The summed E-state index contributed by atoms with van der Waals surface area (Å²) in [7, 11) is 0. The van der Waals surface area contributed by atoms with Crippen molar-refractivity contribution in [3.63, 3.8) is 0 Å². The van der Waals surface area contributed by atoms with E-state index in [-0.39, 0.29) is 22.5 Å². The molecule has 0 amide bonds. The highest BCUT2D eigenvalue weighted by Crippen LogP contribution is 2.42. The van der Waals surface area contributed by atoms with Crippen molar-refractivity contribution in [2.24, 2.45) is 22.4 Å². The molecule has 0 spiro atoms. The fourth-order valence-corrected chi connectivity index (χ4v) is 3.98. The van der Waals surface area contributed by atoms with Gasteiger partial charge in [-0.05, 0) is 49.0 Å². The molecule has 1 aliphatic carbocycles. The maximum absolute atomic E-state index is 11.2. The van der Waals surface area contributed by atoms with Gasteiger partial charge in [-0.25, -0.2) is 0 Å². The summed E-state index contributed by atoms with van der Waals surface area (Å²) >= 11 is 0. The fraction of sp³-hybridized carbons (Fsp3) is 0.632. The Hall–Kier alpha value is -2.51. The number of hydrogen-bond donors (Lipinski definition) is 1. The summed E-state index contributed by atoms with van der Waals surface area (Å²) in [4.78, 5) is 20.8. The number of rotatable bonds is 7. The molecule has 1 N–H and O–H groups in total. The molecule has 148 valence electrons. The van der Waals surface area contributed by atoms with Crippen LogP contribution in [-0.4, -0.2) is 15.6 Å². The van der Waals surface area contributed by atoms with Gasteiger partial charge in [0.2, 0.25) is 0 Å². The van der Waals surface area contributed by atoms with Crippen molar-refractivity contribution in [2.45, 2.75) is 59.8 Å². The molecule has 1 aliphatic rings. The van der Waals surface area contributed by atoms with Crippen LogP contribution in [0.25, 0.3) is 0 Å². The van der Waals surface area contributed by atoms with Crippen LogP contribution in [0, 0.1) is 37.5 Å². The Labute approximate surface area is 159 Å². The second-order valence-electron chi connectivity index (χ2n) is 8.19. The average Bonchev–Trinajstić information content (AvgIpc) is 2.59. The van der Waals surface area contributed by atoms with E-state index in [0.29, 0.717) is 11.8 Å². The van der Waals surface area contributed by atoms with Crippen LogP contribution in [-0.2, 0) is 0 Å². The number of nitro groups is 2. The first-order valence-electron chi connectivity index (χ1n) is 9.38. The molecule has 0 aliphatic heterocycles. The van der Waals surface area contributed by atoms with Gasteiger partial charge in [0.25, 0.3) is 5.69 Å². The Balaban J connectivity index is 2.21. The molecule has 1 fully saturated rings. The third-order valence-electron chi connectivity index (χ3n) is 5.48. The molecule has 0 heterocycles. The van der Waals surface area contributed by atoms with E-state index in [1.807, 2.05) is 0 Å². The zero-order valence-electron chi connectivity index (χ0n) is 16.4. The summed E-state index contributed by atoms with van der Waals surface area (Å²) in [5, 5.41) is 26.5. The minimum atomic E-state index is -0.647. The van der Waals surface area contributed by atoms with Crippen molar-refractivity contribution >= 4 is 22.8 Å².